The summed E-state index contributed by atoms with van der Waals surface area (Å²) in [5, 5.41) is 5.60. The Kier molecular flexibility index (Phi) is 7.72. The molecular formula is C31H26FN3O5. The zero-order valence-corrected chi connectivity index (χ0v) is 21.5. The minimum absolute atomic E-state index is 0.141. The van der Waals surface area contributed by atoms with Crippen LogP contribution in [0.3, 0.4) is 0 Å². The van der Waals surface area contributed by atoms with Gasteiger partial charge in [-0.1, -0.05) is 54.6 Å². The lowest BCUT2D eigenvalue weighted by molar-refractivity contribution is -0.121. The van der Waals surface area contributed by atoms with Gasteiger partial charge in [-0.2, -0.15) is 0 Å². The molecule has 5 rings (SSSR count). The van der Waals surface area contributed by atoms with E-state index in [9.17, 15) is 18.8 Å². The van der Waals surface area contributed by atoms with E-state index in [4.69, 9.17) is 9.47 Å². The van der Waals surface area contributed by atoms with Gasteiger partial charge in [-0.25, -0.2) is 9.18 Å². The summed E-state index contributed by atoms with van der Waals surface area (Å²) in [5.41, 5.74) is 2.51. The SMILES string of the molecule is COc1ccccc1C(=O)Nc1cccc(C2OC(=O)N(Cc3ccccc3)C2C(=O)Nc2ccc(F)cc2)c1. The Hall–Kier alpha value is -5.18. The van der Waals surface area contributed by atoms with Crippen molar-refractivity contribution in [2.45, 2.75) is 18.7 Å². The second-order valence-corrected chi connectivity index (χ2v) is 9.14. The lowest BCUT2D eigenvalue weighted by atomic mass is 10.00. The molecule has 0 aliphatic carbocycles. The number of methoxy groups -OCH3 is 1. The highest BCUT2D eigenvalue weighted by Gasteiger charge is 2.47. The van der Waals surface area contributed by atoms with Crippen LogP contribution in [0.1, 0.15) is 27.6 Å². The summed E-state index contributed by atoms with van der Waals surface area (Å²) >= 11 is 0. The molecule has 0 radical (unpaired) electrons. The lowest BCUT2D eigenvalue weighted by Crippen LogP contribution is -2.43. The predicted octanol–water partition coefficient (Wildman–Crippen LogP) is 5.79. The summed E-state index contributed by atoms with van der Waals surface area (Å²) in [6.45, 7) is 0.141. The van der Waals surface area contributed by atoms with E-state index in [1.54, 1.807) is 48.5 Å². The Bertz CT molecular complexity index is 1530. The first-order valence-corrected chi connectivity index (χ1v) is 12.5. The third-order valence-electron chi connectivity index (χ3n) is 6.49. The number of carbonyl (C=O) groups excluding carboxylic acids is 3. The molecule has 0 saturated carbocycles. The quantitative estimate of drug-likeness (QED) is 0.296. The summed E-state index contributed by atoms with van der Waals surface area (Å²) in [7, 11) is 1.49. The van der Waals surface area contributed by atoms with E-state index < -0.39 is 30.0 Å². The van der Waals surface area contributed by atoms with Crippen molar-refractivity contribution in [3.8, 4) is 5.75 Å². The van der Waals surface area contributed by atoms with Gasteiger partial charge in [-0.15, -0.1) is 0 Å². The maximum atomic E-state index is 13.6. The van der Waals surface area contributed by atoms with Crippen LogP contribution in [0.25, 0.3) is 0 Å². The van der Waals surface area contributed by atoms with Gasteiger partial charge in [-0.3, -0.25) is 14.5 Å². The van der Waals surface area contributed by atoms with Crippen molar-refractivity contribution < 1.29 is 28.2 Å². The first-order chi connectivity index (χ1) is 19.4. The molecule has 3 amide bonds. The van der Waals surface area contributed by atoms with Crippen LogP contribution in [0.4, 0.5) is 20.6 Å². The number of ether oxygens (including phenoxy) is 2. The number of rotatable bonds is 8. The molecule has 1 aliphatic rings. The summed E-state index contributed by atoms with van der Waals surface area (Å²) in [4.78, 5) is 41.0. The van der Waals surface area contributed by atoms with Crippen LogP contribution in [0.15, 0.2) is 103 Å². The molecule has 4 aromatic rings. The third-order valence-corrected chi connectivity index (χ3v) is 6.49. The van der Waals surface area contributed by atoms with Crippen LogP contribution in [-0.2, 0) is 16.1 Å². The minimum Gasteiger partial charge on any atom is -0.496 e. The first-order valence-electron chi connectivity index (χ1n) is 12.5. The second-order valence-electron chi connectivity index (χ2n) is 9.14. The summed E-state index contributed by atoms with van der Waals surface area (Å²) in [6.07, 6.45) is -1.63. The lowest BCUT2D eigenvalue weighted by Gasteiger charge is -2.24. The Morgan fingerprint density at radius 2 is 1.60 bits per heavy atom. The number of cyclic esters (lactones) is 1. The van der Waals surface area contributed by atoms with Gasteiger partial charge in [0.05, 0.1) is 19.2 Å². The molecule has 1 fully saturated rings. The fourth-order valence-electron chi connectivity index (χ4n) is 4.56. The number of hydrogen-bond donors (Lipinski definition) is 2. The van der Waals surface area contributed by atoms with Gasteiger partial charge in [0.1, 0.15) is 11.6 Å². The highest BCUT2D eigenvalue weighted by atomic mass is 19.1. The standard InChI is InChI=1S/C31H26FN3O5/c1-39-26-13-6-5-12-25(26)29(36)34-24-11-7-10-21(18-24)28-27(30(37)33-23-16-14-22(32)15-17-23)35(31(38)40-28)19-20-8-3-2-4-9-20/h2-18,27-28H,19H2,1H3,(H,33,37)(H,34,36). The van der Waals surface area contributed by atoms with Gasteiger partial charge in [0.15, 0.2) is 12.1 Å². The first kappa shape index (κ1) is 26.4. The van der Waals surface area contributed by atoms with Crippen LogP contribution >= 0.6 is 0 Å². The van der Waals surface area contributed by atoms with Crippen molar-refractivity contribution >= 4 is 29.3 Å². The molecule has 0 bridgehead atoms. The maximum Gasteiger partial charge on any atom is 0.411 e. The molecular weight excluding hydrogens is 513 g/mol. The smallest absolute Gasteiger partial charge is 0.411 e. The third kappa shape index (κ3) is 5.78. The Labute approximate surface area is 230 Å². The van der Waals surface area contributed by atoms with Gasteiger partial charge < -0.3 is 20.1 Å². The normalized spacial score (nSPS) is 16.2. The molecule has 1 aliphatic heterocycles. The number of anilines is 2. The number of benzene rings is 4. The highest BCUT2D eigenvalue weighted by molar-refractivity contribution is 6.06. The van der Waals surface area contributed by atoms with Crippen molar-refractivity contribution in [2.24, 2.45) is 0 Å². The highest BCUT2D eigenvalue weighted by Crippen LogP contribution is 2.35. The van der Waals surface area contributed by atoms with Crippen molar-refractivity contribution in [1.29, 1.82) is 0 Å². The average Bonchev–Trinajstić information content (AvgIpc) is 3.30. The van der Waals surface area contributed by atoms with E-state index in [1.165, 1.54) is 36.3 Å². The molecule has 40 heavy (non-hydrogen) atoms. The van der Waals surface area contributed by atoms with Crippen LogP contribution in [0.5, 0.6) is 5.75 Å². The largest absolute Gasteiger partial charge is 0.496 e. The molecule has 202 valence electrons. The number of para-hydroxylation sites is 1. The van der Waals surface area contributed by atoms with E-state index in [0.29, 0.717) is 28.3 Å². The molecule has 1 saturated heterocycles. The Morgan fingerprint density at radius 3 is 2.35 bits per heavy atom. The van der Waals surface area contributed by atoms with Crippen LogP contribution < -0.4 is 15.4 Å². The van der Waals surface area contributed by atoms with Crippen LogP contribution in [-0.4, -0.2) is 36.0 Å². The van der Waals surface area contributed by atoms with Crippen molar-refractivity contribution in [1.82, 2.24) is 4.90 Å². The summed E-state index contributed by atoms with van der Waals surface area (Å²) in [6, 6.07) is 27.2. The van der Waals surface area contributed by atoms with Gasteiger partial charge >= 0.3 is 6.09 Å². The van der Waals surface area contributed by atoms with Crippen molar-refractivity contribution in [2.75, 3.05) is 17.7 Å². The number of amides is 3. The number of hydrogen-bond acceptors (Lipinski definition) is 5. The monoisotopic (exact) mass is 539 g/mol. The fourth-order valence-corrected chi connectivity index (χ4v) is 4.56. The number of halogens is 1. The van der Waals surface area contributed by atoms with E-state index in [0.717, 1.165) is 5.56 Å². The van der Waals surface area contributed by atoms with Crippen LogP contribution in [0.2, 0.25) is 0 Å². The van der Waals surface area contributed by atoms with E-state index in [1.807, 2.05) is 30.3 Å². The maximum absolute atomic E-state index is 13.6. The van der Waals surface area contributed by atoms with E-state index in [-0.39, 0.29) is 12.5 Å². The molecule has 4 aromatic carbocycles. The molecule has 2 atom stereocenters. The molecule has 9 heteroatoms. The fraction of sp³-hybridized carbons (Fsp3) is 0.129. The number of carbonyl (C=O) groups is 3. The van der Waals surface area contributed by atoms with E-state index >= 15 is 0 Å². The van der Waals surface area contributed by atoms with Gasteiger partial charge in [0, 0.05) is 11.4 Å². The Balaban J connectivity index is 1.44. The Morgan fingerprint density at radius 1 is 0.875 bits per heavy atom. The minimum atomic E-state index is -1.04. The average molecular weight is 540 g/mol. The molecule has 8 nitrogen and oxygen atoms in total. The zero-order chi connectivity index (χ0) is 28.1. The molecule has 2 N–H and O–H groups in total. The second kappa shape index (κ2) is 11.7. The number of nitrogens with zero attached hydrogens (tertiary/aromatic N) is 1. The van der Waals surface area contributed by atoms with Gasteiger partial charge in [0.25, 0.3) is 11.8 Å². The topological polar surface area (TPSA) is 97.0 Å². The molecule has 1 heterocycles. The summed E-state index contributed by atoms with van der Waals surface area (Å²) in [5.74, 6) is -0.890. The summed E-state index contributed by atoms with van der Waals surface area (Å²) < 4.78 is 24.4. The predicted molar refractivity (Wildman–Crippen MR) is 147 cm³/mol. The molecule has 0 aromatic heterocycles. The van der Waals surface area contributed by atoms with Crippen LogP contribution in [0, 0.1) is 5.82 Å². The van der Waals surface area contributed by atoms with Gasteiger partial charge in [-0.05, 0) is 59.7 Å². The number of nitrogens with one attached hydrogen (secondary N) is 2. The molecule has 0 spiro atoms. The molecule has 2 unspecified atom stereocenters. The van der Waals surface area contributed by atoms with E-state index in [2.05, 4.69) is 10.6 Å². The van der Waals surface area contributed by atoms with Crippen molar-refractivity contribution in [3.63, 3.8) is 0 Å². The van der Waals surface area contributed by atoms with Crippen molar-refractivity contribution in [3.05, 3.63) is 126 Å². The van der Waals surface area contributed by atoms with Gasteiger partial charge in [0.2, 0.25) is 0 Å². The zero-order valence-electron chi connectivity index (χ0n) is 21.5.